The number of halogens is 1. The van der Waals surface area contributed by atoms with Crippen molar-refractivity contribution in [2.45, 2.75) is 37.6 Å². The van der Waals surface area contributed by atoms with Crippen molar-refractivity contribution in [3.05, 3.63) is 24.0 Å². The topological polar surface area (TPSA) is 63.4 Å². The van der Waals surface area contributed by atoms with Gasteiger partial charge in [0, 0.05) is 12.6 Å². The lowest BCUT2D eigenvalue weighted by atomic mass is 10.3. The van der Waals surface area contributed by atoms with Gasteiger partial charge < -0.3 is 5.73 Å². The van der Waals surface area contributed by atoms with Crippen molar-refractivity contribution >= 4 is 15.7 Å². The Bertz CT molecular complexity index is 548. The molecular formula is C13H19FN2O2S. The zero-order valence-corrected chi connectivity index (χ0v) is 12.0. The van der Waals surface area contributed by atoms with Crippen molar-refractivity contribution in [2.24, 2.45) is 5.92 Å². The quantitative estimate of drug-likeness (QED) is 0.844. The summed E-state index contributed by atoms with van der Waals surface area (Å²) < 4.78 is 40.4. The van der Waals surface area contributed by atoms with Crippen LogP contribution in [0.2, 0.25) is 0 Å². The molecule has 2 N–H and O–H groups in total. The molecule has 0 saturated heterocycles. The number of rotatable bonds is 5. The molecule has 0 unspecified atom stereocenters. The molecule has 0 bridgehead atoms. The molecule has 0 amide bonds. The summed E-state index contributed by atoms with van der Waals surface area (Å²) in [7, 11) is -3.88. The van der Waals surface area contributed by atoms with E-state index in [1.54, 1.807) is 13.8 Å². The maximum Gasteiger partial charge on any atom is 0.248 e. The largest absolute Gasteiger partial charge is 0.398 e. The van der Waals surface area contributed by atoms with Crippen LogP contribution in [0.5, 0.6) is 0 Å². The van der Waals surface area contributed by atoms with Gasteiger partial charge in [-0.25, -0.2) is 12.8 Å². The minimum Gasteiger partial charge on any atom is -0.398 e. The van der Waals surface area contributed by atoms with Gasteiger partial charge in [-0.1, -0.05) is 6.07 Å². The summed E-state index contributed by atoms with van der Waals surface area (Å²) in [5.41, 5.74) is 5.61. The Kier molecular flexibility index (Phi) is 3.82. The van der Waals surface area contributed by atoms with Crippen LogP contribution in [0.15, 0.2) is 23.1 Å². The Morgan fingerprint density at radius 2 is 2.05 bits per heavy atom. The monoisotopic (exact) mass is 286 g/mol. The molecule has 0 aromatic heterocycles. The van der Waals surface area contributed by atoms with Crippen molar-refractivity contribution in [3.63, 3.8) is 0 Å². The van der Waals surface area contributed by atoms with Crippen molar-refractivity contribution in [3.8, 4) is 0 Å². The van der Waals surface area contributed by atoms with E-state index < -0.39 is 20.7 Å². The molecule has 0 spiro atoms. The highest BCUT2D eigenvalue weighted by atomic mass is 32.2. The van der Waals surface area contributed by atoms with Crippen LogP contribution in [0.4, 0.5) is 10.1 Å². The Labute approximate surface area is 113 Å². The smallest absolute Gasteiger partial charge is 0.248 e. The number of nitrogens with zero attached hydrogens (tertiary/aromatic N) is 1. The van der Waals surface area contributed by atoms with Crippen LogP contribution in [-0.2, 0) is 10.0 Å². The van der Waals surface area contributed by atoms with Crippen LogP contribution in [0.3, 0.4) is 0 Å². The van der Waals surface area contributed by atoms with Crippen LogP contribution in [0.25, 0.3) is 0 Å². The summed E-state index contributed by atoms with van der Waals surface area (Å²) in [6.45, 7) is 4.02. The van der Waals surface area contributed by atoms with Gasteiger partial charge >= 0.3 is 0 Å². The highest BCUT2D eigenvalue weighted by Gasteiger charge is 2.35. The molecule has 0 radical (unpaired) electrons. The molecule has 1 saturated carbocycles. The normalized spacial score (nSPS) is 16.3. The molecule has 1 aromatic rings. The molecule has 1 aliphatic rings. The summed E-state index contributed by atoms with van der Waals surface area (Å²) in [5.74, 6) is -0.397. The van der Waals surface area contributed by atoms with Crippen molar-refractivity contribution in [1.29, 1.82) is 0 Å². The summed E-state index contributed by atoms with van der Waals surface area (Å²) >= 11 is 0. The van der Waals surface area contributed by atoms with E-state index in [1.807, 2.05) is 0 Å². The number of sulfonamides is 1. The Morgan fingerprint density at radius 3 is 2.53 bits per heavy atom. The van der Waals surface area contributed by atoms with Crippen LogP contribution in [-0.4, -0.2) is 25.3 Å². The van der Waals surface area contributed by atoms with Gasteiger partial charge in [0.1, 0.15) is 10.7 Å². The van der Waals surface area contributed by atoms with Gasteiger partial charge in [0.25, 0.3) is 0 Å². The van der Waals surface area contributed by atoms with Gasteiger partial charge in [-0.15, -0.1) is 0 Å². The third-order valence-electron chi connectivity index (χ3n) is 3.28. The van der Waals surface area contributed by atoms with E-state index in [0.29, 0.717) is 12.5 Å². The van der Waals surface area contributed by atoms with Gasteiger partial charge in [-0.2, -0.15) is 4.31 Å². The number of benzene rings is 1. The third kappa shape index (κ3) is 2.90. The fraction of sp³-hybridized carbons (Fsp3) is 0.538. The molecule has 4 nitrogen and oxygen atoms in total. The maximum absolute atomic E-state index is 13.8. The predicted molar refractivity (Wildman–Crippen MR) is 72.6 cm³/mol. The Morgan fingerprint density at radius 1 is 1.42 bits per heavy atom. The maximum atomic E-state index is 13.8. The molecule has 1 aliphatic carbocycles. The molecule has 1 fully saturated rings. The first-order valence-electron chi connectivity index (χ1n) is 6.40. The van der Waals surface area contributed by atoms with E-state index in [-0.39, 0.29) is 11.7 Å². The minimum absolute atomic E-state index is 0.0403. The Balaban J connectivity index is 2.43. The Hall–Kier alpha value is -1.14. The van der Waals surface area contributed by atoms with Crippen molar-refractivity contribution < 1.29 is 12.8 Å². The van der Waals surface area contributed by atoms with Gasteiger partial charge in [0.05, 0.1) is 5.69 Å². The standard InChI is InChI=1S/C13H19FN2O2S/c1-9(2)16(8-10-6-7-10)19(17,18)13-11(14)4-3-5-12(13)15/h3-5,9-10H,6-8,15H2,1-2H3. The molecule has 1 aromatic carbocycles. The first-order valence-corrected chi connectivity index (χ1v) is 7.84. The van der Waals surface area contributed by atoms with Crippen molar-refractivity contribution in [1.82, 2.24) is 4.31 Å². The summed E-state index contributed by atoms with van der Waals surface area (Å²) in [5, 5.41) is 0. The number of hydrogen-bond donors (Lipinski definition) is 1. The van der Waals surface area contributed by atoms with Gasteiger partial charge in [-0.05, 0) is 44.7 Å². The molecule has 6 heteroatoms. The number of nitrogen functional groups attached to an aromatic ring is 1. The van der Waals surface area contributed by atoms with E-state index in [0.717, 1.165) is 18.9 Å². The van der Waals surface area contributed by atoms with E-state index in [9.17, 15) is 12.8 Å². The first-order chi connectivity index (χ1) is 8.84. The summed E-state index contributed by atoms with van der Waals surface area (Å²) in [4.78, 5) is -0.399. The average molecular weight is 286 g/mol. The molecule has 0 heterocycles. The van der Waals surface area contributed by atoms with E-state index in [2.05, 4.69) is 0 Å². The van der Waals surface area contributed by atoms with Gasteiger partial charge in [0.2, 0.25) is 10.0 Å². The van der Waals surface area contributed by atoms with Crippen molar-refractivity contribution in [2.75, 3.05) is 12.3 Å². The summed E-state index contributed by atoms with van der Waals surface area (Å²) in [6, 6.07) is 3.72. The van der Waals surface area contributed by atoms with E-state index >= 15 is 0 Å². The lowest BCUT2D eigenvalue weighted by Gasteiger charge is -2.26. The van der Waals surface area contributed by atoms with Gasteiger partial charge in [-0.3, -0.25) is 0 Å². The first kappa shape index (κ1) is 14.3. The second-order valence-electron chi connectivity index (χ2n) is 5.27. The van der Waals surface area contributed by atoms with Gasteiger partial charge in [0.15, 0.2) is 0 Å². The molecule has 19 heavy (non-hydrogen) atoms. The SMILES string of the molecule is CC(C)N(CC1CC1)S(=O)(=O)c1c(N)cccc1F. The molecule has 0 aliphatic heterocycles. The molecule has 2 rings (SSSR count). The molecular weight excluding hydrogens is 267 g/mol. The lowest BCUT2D eigenvalue weighted by Crippen LogP contribution is -2.39. The average Bonchev–Trinajstić information content (AvgIpc) is 3.08. The fourth-order valence-corrected chi connectivity index (χ4v) is 3.93. The minimum atomic E-state index is -3.88. The number of anilines is 1. The fourth-order valence-electron chi connectivity index (χ4n) is 2.06. The van der Waals surface area contributed by atoms with E-state index in [4.69, 9.17) is 5.73 Å². The van der Waals surface area contributed by atoms with Crippen LogP contribution < -0.4 is 5.73 Å². The molecule has 0 atom stereocenters. The highest BCUT2D eigenvalue weighted by molar-refractivity contribution is 7.89. The van der Waals surface area contributed by atoms with Crippen LogP contribution >= 0.6 is 0 Å². The van der Waals surface area contributed by atoms with E-state index in [1.165, 1.54) is 16.4 Å². The zero-order valence-electron chi connectivity index (χ0n) is 11.1. The third-order valence-corrected chi connectivity index (χ3v) is 5.41. The number of nitrogens with two attached hydrogens (primary N) is 1. The predicted octanol–water partition coefficient (Wildman–Crippen LogP) is 2.22. The zero-order chi connectivity index (χ0) is 14.2. The number of hydrogen-bond acceptors (Lipinski definition) is 3. The summed E-state index contributed by atoms with van der Waals surface area (Å²) in [6.07, 6.45) is 2.07. The highest BCUT2D eigenvalue weighted by Crippen LogP contribution is 2.34. The van der Waals surface area contributed by atoms with Crippen LogP contribution in [0.1, 0.15) is 26.7 Å². The lowest BCUT2D eigenvalue weighted by molar-refractivity contribution is 0.340. The second kappa shape index (κ2) is 5.09. The second-order valence-corrected chi connectivity index (χ2v) is 7.10. The molecule has 106 valence electrons. The van der Waals surface area contributed by atoms with Crippen LogP contribution in [0, 0.1) is 11.7 Å².